The van der Waals surface area contributed by atoms with Gasteiger partial charge in [-0.25, -0.2) is 13.9 Å². The molecule has 0 saturated carbocycles. The Morgan fingerprint density at radius 2 is 1.89 bits per heavy atom. The van der Waals surface area contributed by atoms with Crippen LogP contribution in [0.4, 0.5) is 17.6 Å². The van der Waals surface area contributed by atoms with Crippen LogP contribution in [-0.2, 0) is 10.9 Å². The summed E-state index contributed by atoms with van der Waals surface area (Å²) in [6.45, 7) is 5.00. The number of esters is 1. The van der Waals surface area contributed by atoms with Gasteiger partial charge in [-0.2, -0.15) is 18.3 Å². The van der Waals surface area contributed by atoms with Crippen molar-refractivity contribution in [3.8, 4) is 22.6 Å². The first-order chi connectivity index (χ1) is 16.6. The molecular formula is C23H19Cl2F4N3O3. The van der Waals surface area contributed by atoms with Crippen LogP contribution in [0.2, 0.25) is 5.02 Å². The molecule has 2 heterocycles. The summed E-state index contributed by atoms with van der Waals surface area (Å²) in [5, 5.41) is 7.66. The predicted octanol–water partition coefficient (Wildman–Crippen LogP) is 7.42. The molecule has 0 N–H and O–H groups in total. The summed E-state index contributed by atoms with van der Waals surface area (Å²) in [4.78, 5) is 12.5. The molecule has 6 nitrogen and oxygen atoms in total. The number of hydrogen-bond acceptors (Lipinski definition) is 5. The van der Waals surface area contributed by atoms with Gasteiger partial charge in [-0.3, -0.25) is 0 Å². The number of rotatable bonds is 6. The molecule has 0 aliphatic heterocycles. The SMILES string of the molecule is C=C(/C=C(F)\C=C/C)n1ncc(-c2onc(-c3ccccc3Cl)c2C(=O)OC)c1C(F)(F)F.CCl. The van der Waals surface area contributed by atoms with E-state index in [1.165, 1.54) is 31.5 Å². The van der Waals surface area contributed by atoms with E-state index in [0.29, 0.717) is 4.68 Å². The normalized spacial score (nSPS) is 11.9. The van der Waals surface area contributed by atoms with Gasteiger partial charge in [0.2, 0.25) is 0 Å². The van der Waals surface area contributed by atoms with E-state index in [4.69, 9.17) is 20.9 Å². The van der Waals surface area contributed by atoms with Crippen molar-refractivity contribution in [2.24, 2.45) is 0 Å². The van der Waals surface area contributed by atoms with Crippen LogP contribution in [0.3, 0.4) is 0 Å². The van der Waals surface area contributed by atoms with E-state index in [1.807, 2.05) is 0 Å². The van der Waals surface area contributed by atoms with E-state index < -0.39 is 40.7 Å². The Bertz CT molecular complexity index is 1280. The zero-order valence-electron chi connectivity index (χ0n) is 18.7. The van der Waals surface area contributed by atoms with Crippen LogP contribution in [0.15, 0.2) is 65.6 Å². The number of alkyl halides is 4. The Balaban J connectivity index is 0.00000210. The molecule has 0 atom stereocenters. The highest BCUT2D eigenvalue weighted by molar-refractivity contribution is 6.33. The number of nitrogens with zero attached hydrogens (tertiary/aromatic N) is 3. The lowest BCUT2D eigenvalue weighted by molar-refractivity contribution is -0.142. The van der Waals surface area contributed by atoms with Crippen LogP contribution >= 0.6 is 23.2 Å². The lowest BCUT2D eigenvalue weighted by Gasteiger charge is -2.12. The monoisotopic (exact) mass is 531 g/mol. The molecule has 0 saturated heterocycles. The van der Waals surface area contributed by atoms with Crippen molar-refractivity contribution in [2.45, 2.75) is 13.1 Å². The topological polar surface area (TPSA) is 70.2 Å². The standard InChI is InChI=1S/C22H16ClF4N3O3.CH3Cl/c1-4-7-13(24)10-12(2)30-20(22(25,26)27)15(11-28-30)19-17(21(31)32-3)18(29-33-19)14-8-5-6-9-16(14)23;1-2/h4-11H,2H2,1,3H3;1H3/b7-4-,13-10+;. The highest BCUT2D eigenvalue weighted by Gasteiger charge is 2.42. The third kappa shape index (κ3) is 6.01. The minimum atomic E-state index is -4.98. The maximum absolute atomic E-state index is 14.1. The van der Waals surface area contributed by atoms with Crippen molar-refractivity contribution in [1.82, 2.24) is 14.9 Å². The van der Waals surface area contributed by atoms with Gasteiger partial charge in [0.15, 0.2) is 11.5 Å². The lowest BCUT2D eigenvalue weighted by atomic mass is 10.0. The van der Waals surface area contributed by atoms with Gasteiger partial charge in [0.1, 0.15) is 17.1 Å². The molecule has 0 aliphatic rings. The van der Waals surface area contributed by atoms with Crippen molar-refractivity contribution in [2.75, 3.05) is 13.5 Å². The number of hydrogen-bond donors (Lipinski definition) is 0. The van der Waals surface area contributed by atoms with Gasteiger partial charge in [-0.05, 0) is 25.1 Å². The minimum Gasteiger partial charge on any atom is -0.465 e. The molecule has 3 aromatic rings. The summed E-state index contributed by atoms with van der Waals surface area (Å²) in [5.74, 6) is -2.37. The average molecular weight is 532 g/mol. The number of methoxy groups -OCH3 is 1. The quantitative estimate of drug-likeness (QED) is 0.143. The van der Waals surface area contributed by atoms with E-state index in [9.17, 15) is 22.4 Å². The van der Waals surface area contributed by atoms with Crippen LogP contribution in [0.1, 0.15) is 23.0 Å². The first kappa shape index (κ1) is 27.9. The molecule has 0 radical (unpaired) electrons. The molecule has 12 heteroatoms. The van der Waals surface area contributed by atoms with E-state index in [-0.39, 0.29) is 21.8 Å². The van der Waals surface area contributed by atoms with E-state index in [2.05, 4.69) is 28.4 Å². The Labute approximate surface area is 208 Å². The van der Waals surface area contributed by atoms with Gasteiger partial charge in [-0.1, -0.05) is 47.6 Å². The molecule has 3 rings (SSSR count). The van der Waals surface area contributed by atoms with Crippen LogP contribution in [0, 0.1) is 0 Å². The molecule has 2 aromatic heterocycles. The molecule has 0 unspecified atom stereocenters. The van der Waals surface area contributed by atoms with Crippen molar-refractivity contribution in [3.05, 3.63) is 77.4 Å². The fourth-order valence-electron chi connectivity index (χ4n) is 3.04. The number of aromatic nitrogens is 3. The summed E-state index contributed by atoms with van der Waals surface area (Å²) in [6, 6.07) is 6.26. The smallest absolute Gasteiger partial charge is 0.434 e. The molecule has 0 fully saturated rings. The molecule has 0 spiro atoms. The molecule has 35 heavy (non-hydrogen) atoms. The molecular weight excluding hydrogens is 513 g/mol. The van der Waals surface area contributed by atoms with Gasteiger partial charge in [-0.15, -0.1) is 11.6 Å². The summed E-state index contributed by atoms with van der Waals surface area (Å²) in [6.07, 6.45) is 0.502. The summed E-state index contributed by atoms with van der Waals surface area (Å²) < 4.78 is 66.3. The number of carbonyl (C=O) groups excluding carboxylic acids is 1. The Kier molecular flexibility index (Phi) is 9.44. The molecule has 0 aliphatic carbocycles. The zero-order chi connectivity index (χ0) is 26.3. The second-order valence-electron chi connectivity index (χ2n) is 6.54. The largest absolute Gasteiger partial charge is 0.465 e. The van der Waals surface area contributed by atoms with Crippen molar-refractivity contribution in [3.63, 3.8) is 0 Å². The Morgan fingerprint density at radius 3 is 2.46 bits per heavy atom. The second kappa shape index (κ2) is 11.9. The van der Waals surface area contributed by atoms with Crippen LogP contribution in [0.5, 0.6) is 0 Å². The van der Waals surface area contributed by atoms with Crippen molar-refractivity contribution >= 4 is 34.9 Å². The maximum atomic E-state index is 14.1. The summed E-state index contributed by atoms with van der Waals surface area (Å²) in [5.41, 5.74) is -2.61. The number of carbonyl (C=O) groups is 1. The third-order valence-electron chi connectivity index (χ3n) is 4.40. The number of halogens is 6. The fraction of sp³-hybridized carbons (Fsp3) is 0.174. The van der Waals surface area contributed by atoms with Gasteiger partial charge in [0.05, 0.1) is 29.6 Å². The first-order valence-corrected chi connectivity index (χ1v) is 10.8. The number of allylic oxidation sites excluding steroid dienone is 5. The van der Waals surface area contributed by atoms with Gasteiger partial charge in [0, 0.05) is 11.9 Å². The van der Waals surface area contributed by atoms with Gasteiger partial charge in [0.25, 0.3) is 0 Å². The number of ether oxygens (including phenoxy) is 1. The van der Waals surface area contributed by atoms with Crippen molar-refractivity contribution in [1.29, 1.82) is 0 Å². The summed E-state index contributed by atoms with van der Waals surface area (Å²) >= 11 is 10.8. The van der Waals surface area contributed by atoms with Gasteiger partial charge >= 0.3 is 12.1 Å². The fourth-order valence-corrected chi connectivity index (χ4v) is 3.26. The Hall–Kier alpha value is -3.37. The average Bonchev–Trinajstić information content (AvgIpc) is 3.45. The highest BCUT2D eigenvalue weighted by atomic mass is 35.5. The highest BCUT2D eigenvalue weighted by Crippen LogP contribution is 2.42. The predicted molar refractivity (Wildman–Crippen MR) is 126 cm³/mol. The molecule has 0 amide bonds. The second-order valence-corrected chi connectivity index (χ2v) is 6.95. The van der Waals surface area contributed by atoms with Crippen LogP contribution in [-0.4, -0.2) is 34.4 Å². The van der Waals surface area contributed by atoms with Crippen LogP contribution in [0.25, 0.3) is 28.3 Å². The molecule has 186 valence electrons. The zero-order valence-corrected chi connectivity index (χ0v) is 20.2. The van der Waals surface area contributed by atoms with Crippen LogP contribution < -0.4 is 0 Å². The van der Waals surface area contributed by atoms with E-state index >= 15 is 0 Å². The number of benzene rings is 1. The molecule has 1 aromatic carbocycles. The van der Waals surface area contributed by atoms with E-state index in [1.54, 1.807) is 12.1 Å². The molecule has 0 bridgehead atoms. The van der Waals surface area contributed by atoms with Gasteiger partial charge < -0.3 is 9.26 Å². The third-order valence-corrected chi connectivity index (χ3v) is 4.72. The van der Waals surface area contributed by atoms with Crippen molar-refractivity contribution < 1.29 is 31.6 Å². The maximum Gasteiger partial charge on any atom is 0.434 e. The first-order valence-electron chi connectivity index (χ1n) is 9.65. The minimum absolute atomic E-state index is 0.110. The lowest BCUT2D eigenvalue weighted by Crippen LogP contribution is -2.15. The summed E-state index contributed by atoms with van der Waals surface area (Å²) in [7, 11) is 1.06. The Morgan fingerprint density at radius 1 is 1.23 bits per heavy atom. The van der Waals surface area contributed by atoms with E-state index in [0.717, 1.165) is 25.5 Å².